The molecule has 5 nitrogen and oxygen atoms in total. The lowest BCUT2D eigenvalue weighted by atomic mass is 10.2. The van der Waals surface area contributed by atoms with Crippen LogP contribution in [0.1, 0.15) is 45.6 Å². The minimum atomic E-state index is -3.58. The maximum Gasteiger partial charge on any atom is 0.244 e. The lowest BCUT2D eigenvalue weighted by Crippen LogP contribution is -2.30. The van der Waals surface area contributed by atoms with Crippen molar-refractivity contribution >= 4 is 10.0 Å². The zero-order valence-electron chi connectivity index (χ0n) is 13.6. The van der Waals surface area contributed by atoms with E-state index in [0.29, 0.717) is 11.7 Å². The van der Waals surface area contributed by atoms with Crippen LogP contribution >= 0.6 is 0 Å². The van der Waals surface area contributed by atoms with Crippen LogP contribution in [0.3, 0.4) is 0 Å². The lowest BCUT2D eigenvalue weighted by Gasteiger charge is -2.09. The molecule has 3 rings (SSSR count). The lowest BCUT2D eigenvalue weighted by molar-refractivity contribution is 0.467. The Labute approximate surface area is 137 Å². The highest BCUT2D eigenvalue weighted by Gasteiger charge is 2.27. The van der Waals surface area contributed by atoms with Crippen molar-refractivity contribution in [2.45, 2.75) is 56.5 Å². The molecule has 1 N–H and O–H groups in total. The molecule has 1 aliphatic rings. The van der Waals surface area contributed by atoms with Crippen molar-refractivity contribution in [3.8, 4) is 11.3 Å². The number of hydrogen-bond donors (Lipinski definition) is 1. The first-order valence-corrected chi connectivity index (χ1v) is 9.62. The fourth-order valence-corrected chi connectivity index (χ4v) is 4.50. The van der Waals surface area contributed by atoms with Crippen LogP contribution in [0.2, 0.25) is 0 Å². The van der Waals surface area contributed by atoms with Crippen molar-refractivity contribution < 1.29 is 8.42 Å². The minimum Gasteiger partial charge on any atom is -0.268 e. The third-order valence-electron chi connectivity index (χ3n) is 4.12. The standard InChI is InChI=1S/C17H23N3O2S/c1-13(2)19-23(21,22)16-12-20(15-10-6-7-11-15)18-17(16)14-8-4-3-5-9-14/h3-5,8-9,12-13,15,19H,6-7,10-11H2,1-2H3. The number of rotatable bonds is 5. The van der Waals surface area contributed by atoms with Crippen LogP contribution in [0.15, 0.2) is 41.4 Å². The van der Waals surface area contributed by atoms with Gasteiger partial charge in [-0.1, -0.05) is 43.2 Å². The van der Waals surface area contributed by atoms with Crippen molar-refractivity contribution in [2.75, 3.05) is 0 Å². The smallest absolute Gasteiger partial charge is 0.244 e. The normalized spacial score (nSPS) is 16.3. The molecule has 6 heteroatoms. The Balaban J connectivity index is 2.09. The van der Waals surface area contributed by atoms with E-state index in [-0.39, 0.29) is 10.9 Å². The van der Waals surface area contributed by atoms with E-state index < -0.39 is 10.0 Å². The minimum absolute atomic E-state index is 0.154. The fraction of sp³-hybridized carbons (Fsp3) is 0.471. The van der Waals surface area contributed by atoms with Crippen molar-refractivity contribution in [2.24, 2.45) is 0 Å². The van der Waals surface area contributed by atoms with Gasteiger partial charge in [0.1, 0.15) is 10.6 Å². The second-order valence-corrected chi connectivity index (χ2v) is 8.08. The van der Waals surface area contributed by atoms with Crippen molar-refractivity contribution in [3.63, 3.8) is 0 Å². The van der Waals surface area contributed by atoms with E-state index in [4.69, 9.17) is 0 Å². The fourth-order valence-electron chi connectivity index (χ4n) is 3.10. The molecule has 2 aromatic rings. The Morgan fingerprint density at radius 3 is 2.43 bits per heavy atom. The van der Waals surface area contributed by atoms with Gasteiger partial charge in [-0.05, 0) is 26.7 Å². The van der Waals surface area contributed by atoms with Crippen LogP contribution in [0.4, 0.5) is 0 Å². The van der Waals surface area contributed by atoms with Gasteiger partial charge in [0.15, 0.2) is 0 Å². The van der Waals surface area contributed by atoms with Crippen LogP contribution in [-0.2, 0) is 10.0 Å². The van der Waals surface area contributed by atoms with Crippen LogP contribution < -0.4 is 4.72 Å². The first kappa shape index (κ1) is 16.2. The summed E-state index contributed by atoms with van der Waals surface area (Å²) in [6.45, 7) is 3.64. The zero-order chi connectivity index (χ0) is 16.4. The van der Waals surface area contributed by atoms with Crippen molar-refractivity contribution in [1.29, 1.82) is 0 Å². The summed E-state index contributed by atoms with van der Waals surface area (Å²) in [7, 11) is -3.58. The quantitative estimate of drug-likeness (QED) is 0.912. The van der Waals surface area contributed by atoms with E-state index in [9.17, 15) is 8.42 Å². The van der Waals surface area contributed by atoms with Crippen LogP contribution in [-0.4, -0.2) is 24.2 Å². The van der Waals surface area contributed by atoms with Gasteiger partial charge in [-0.25, -0.2) is 13.1 Å². The van der Waals surface area contributed by atoms with Gasteiger partial charge < -0.3 is 0 Å². The topological polar surface area (TPSA) is 64.0 Å². The number of benzene rings is 1. The number of aromatic nitrogens is 2. The molecule has 0 radical (unpaired) electrons. The number of nitrogens with zero attached hydrogens (tertiary/aromatic N) is 2. The summed E-state index contributed by atoms with van der Waals surface area (Å²) < 4.78 is 29.9. The van der Waals surface area contributed by atoms with Gasteiger partial charge in [0.05, 0.1) is 6.04 Å². The molecule has 0 unspecified atom stereocenters. The van der Waals surface area contributed by atoms with Crippen LogP contribution in [0.25, 0.3) is 11.3 Å². The van der Waals surface area contributed by atoms with E-state index >= 15 is 0 Å². The molecule has 1 heterocycles. The number of nitrogens with one attached hydrogen (secondary N) is 1. The predicted octanol–water partition coefficient (Wildman–Crippen LogP) is 3.35. The molecule has 0 spiro atoms. The molecule has 1 aromatic heterocycles. The van der Waals surface area contributed by atoms with E-state index in [2.05, 4.69) is 9.82 Å². The Hall–Kier alpha value is -1.66. The summed E-state index contributed by atoms with van der Waals surface area (Å²) in [6.07, 6.45) is 6.18. The molecule has 0 atom stereocenters. The molecular weight excluding hydrogens is 310 g/mol. The maximum absolute atomic E-state index is 12.7. The van der Waals surface area contributed by atoms with Gasteiger partial charge in [0, 0.05) is 17.8 Å². The highest BCUT2D eigenvalue weighted by molar-refractivity contribution is 7.89. The zero-order valence-corrected chi connectivity index (χ0v) is 14.4. The molecule has 0 aliphatic heterocycles. The summed E-state index contributed by atoms with van der Waals surface area (Å²) in [5.41, 5.74) is 1.36. The van der Waals surface area contributed by atoms with E-state index in [1.54, 1.807) is 6.20 Å². The van der Waals surface area contributed by atoms with Gasteiger partial charge >= 0.3 is 0 Å². The second kappa shape index (κ2) is 6.45. The summed E-state index contributed by atoms with van der Waals surface area (Å²) in [5, 5.41) is 4.63. The third kappa shape index (κ3) is 3.48. The number of sulfonamides is 1. The van der Waals surface area contributed by atoms with Crippen molar-refractivity contribution in [3.05, 3.63) is 36.5 Å². The molecule has 0 amide bonds. The van der Waals surface area contributed by atoms with Gasteiger partial charge in [0.2, 0.25) is 10.0 Å². The van der Waals surface area contributed by atoms with Gasteiger partial charge in [-0.2, -0.15) is 5.10 Å². The van der Waals surface area contributed by atoms with Gasteiger partial charge in [-0.15, -0.1) is 0 Å². The first-order valence-electron chi connectivity index (χ1n) is 8.14. The molecule has 0 saturated heterocycles. The van der Waals surface area contributed by atoms with E-state index in [1.165, 1.54) is 12.8 Å². The Morgan fingerprint density at radius 1 is 1.17 bits per heavy atom. The summed E-state index contributed by atoms with van der Waals surface area (Å²) in [5.74, 6) is 0. The van der Waals surface area contributed by atoms with Gasteiger partial charge in [0.25, 0.3) is 0 Å². The summed E-state index contributed by atoms with van der Waals surface area (Å²) >= 11 is 0. The number of hydrogen-bond acceptors (Lipinski definition) is 3. The second-order valence-electron chi connectivity index (χ2n) is 6.40. The average Bonchev–Trinajstić information content (AvgIpc) is 3.16. The predicted molar refractivity (Wildman–Crippen MR) is 90.6 cm³/mol. The van der Waals surface area contributed by atoms with Crippen molar-refractivity contribution in [1.82, 2.24) is 14.5 Å². The van der Waals surface area contributed by atoms with E-state index in [1.807, 2.05) is 48.9 Å². The van der Waals surface area contributed by atoms with Crippen LogP contribution in [0, 0.1) is 0 Å². The average molecular weight is 333 g/mol. The maximum atomic E-state index is 12.7. The molecule has 0 bridgehead atoms. The SMILES string of the molecule is CC(C)NS(=O)(=O)c1cn(C2CCCC2)nc1-c1ccccc1. The molecule has 1 saturated carbocycles. The monoisotopic (exact) mass is 333 g/mol. The highest BCUT2D eigenvalue weighted by atomic mass is 32.2. The molecular formula is C17H23N3O2S. The largest absolute Gasteiger partial charge is 0.268 e. The Bertz CT molecular complexity index is 760. The molecule has 1 fully saturated rings. The van der Waals surface area contributed by atoms with Gasteiger partial charge in [-0.3, -0.25) is 4.68 Å². The van der Waals surface area contributed by atoms with E-state index in [0.717, 1.165) is 18.4 Å². The first-order chi connectivity index (χ1) is 11.0. The molecule has 1 aromatic carbocycles. The van der Waals surface area contributed by atoms with Crippen LogP contribution in [0.5, 0.6) is 0 Å². The molecule has 124 valence electrons. The molecule has 1 aliphatic carbocycles. The Morgan fingerprint density at radius 2 is 1.83 bits per heavy atom. The summed E-state index contributed by atoms with van der Waals surface area (Å²) in [6, 6.07) is 9.66. The molecule has 23 heavy (non-hydrogen) atoms. The third-order valence-corrected chi connectivity index (χ3v) is 5.78. The Kier molecular flexibility index (Phi) is 4.55. The highest BCUT2D eigenvalue weighted by Crippen LogP contribution is 2.33. The summed E-state index contributed by atoms with van der Waals surface area (Å²) in [4.78, 5) is 0.268.